The Labute approximate surface area is 237 Å². The van der Waals surface area contributed by atoms with Crippen molar-refractivity contribution in [2.45, 2.75) is 128 Å². The monoisotopic (exact) mass is 560 g/mol. The minimum atomic E-state index is -1.47. The summed E-state index contributed by atoms with van der Waals surface area (Å²) in [6.45, 7) is 13.9. The van der Waals surface area contributed by atoms with E-state index < -0.39 is 8.07 Å². The summed E-state index contributed by atoms with van der Waals surface area (Å²) in [5.74, 6) is 1.09. The van der Waals surface area contributed by atoms with Gasteiger partial charge in [-0.3, -0.25) is 0 Å². The van der Waals surface area contributed by atoms with Gasteiger partial charge in [0.05, 0.1) is 8.07 Å². The van der Waals surface area contributed by atoms with Crippen LogP contribution in [0.5, 0.6) is 11.5 Å². The summed E-state index contributed by atoms with van der Waals surface area (Å²) >= 11 is 3.99. The lowest BCUT2D eigenvalue weighted by molar-refractivity contribution is 0.457. The number of aryl methyl sites for hydroxylation is 4. The van der Waals surface area contributed by atoms with Crippen molar-refractivity contribution >= 4 is 31.6 Å². The van der Waals surface area contributed by atoms with Crippen LogP contribution in [0.2, 0.25) is 13.1 Å². The van der Waals surface area contributed by atoms with Crippen LogP contribution in [0.3, 0.4) is 0 Å². The van der Waals surface area contributed by atoms with Crippen molar-refractivity contribution < 1.29 is 10.2 Å². The molecule has 0 saturated heterocycles. The van der Waals surface area contributed by atoms with E-state index in [1.165, 1.54) is 20.5 Å². The molecule has 0 aromatic heterocycles. The van der Waals surface area contributed by atoms with Crippen molar-refractivity contribution in [2.75, 3.05) is 10.8 Å². The number of aromatic hydroxyl groups is 2. The van der Waals surface area contributed by atoms with E-state index in [4.69, 9.17) is 0 Å². The highest BCUT2D eigenvalue weighted by atomic mass is 32.2. The van der Waals surface area contributed by atoms with E-state index in [0.29, 0.717) is 11.5 Å². The van der Waals surface area contributed by atoms with Gasteiger partial charge in [-0.1, -0.05) is 66.5 Å². The molecule has 2 aromatic rings. The van der Waals surface area contributed by atoms with Gasteiger partial charge in [-0.2, -0.15) is 0 Å². The quantitative estimate of drug-likeness (QED) is 0.140. The van der Waals surface area contributed by atoms with Gasteiger partial charge < -0.3 is 10.2 Å². The lowest BCUT2D eigenvalue weighted by Crippen LogP contribution is -2.33. The number of benzene rings is 2. The topological polar surface area (TPSA) is 40.5 Å². The molecule has 0 unspecified atom stereocenters. The van der Waals surface area contributed by atoms with Gasteiger partial charge in [-0.25, -0.2) is 0 Å². The summed E-state index contributed by atoms with van der Waals surface area (Å²) in [5.41, 5.74) is 4.54. The number of thioether (sulfide) groups is 2. The summed E-state index contributed by atoms with van der Waals surface area (Å²) in [4.78, 5) is 2.66. The first-order valence-electron chi connectivity index (χ1n) is 14.7. The average Bonchev–Trinajstić information content (AvgIpc) is 2.88. The van der Waals surface area contributed by atoms with E-state index in [9.17, 15) is 10.2 Å². The van der Waals surface area contributed by atoms with Crippen LogP contribution in [0, 0.1) is 0 Å². The van der Waals surface area contributed by atoms with Crippen molar-refractivity contribution in [1.29, 1.82) is 0 Å². The molecule has 0 aliphatic heterocycles. The molecule has 5 heteroatoms. The van der Waals surface area contributed by atoms with Crippen LogP contribution in [-0.4, -0.2) is 29.0 Å². The van der Waals surface area contributed by atoms with E-state index in [-0.39, 0.29) is 0 Å². The maximum Gasteiger partial charge on any atom is 0.122 e. The second kappa shape index (κ2) is 16.8. The van der Waals surface area contributed by atoms with Crippen molar-refractivity contribution in [3.63, 3.8) is 0 Å². The summed E-state index contributed by atoms with van der Waals surface area (Å²) in [6, 6.07) is 9.01. The molecule has 208 valence electrons. The fraction of sp³-hybridized carbons (Fsp3) is 0.625. The molecule has 0 aliphatic carbocycles. The molecule has 0 fully saturated rings. The van der Waals surface area contributed by atoms with Crippen molar-refractivity contribution in [1.82, 2.24) is 0 Å². The number of rotatable bonds is 18. The molecule has 0 bridgehead atoms. The Morgan fingerprint density at radius 3 is 1.05 bits per heavy atom. The summed E-state index contributed by atoms with van der Waals surface area (Å²) in [7, 11) is -1.47. The van der Waals surface area contributed by atoms with Crippen LogP contribution in [0.15, 0.2) is 34.1 Å². The van der Waals surface area contributed by atoms with E-state index in [0.717, 1.165) is 99.3 Å². The summed E-state index contributed by atoms with van der Waals surface area (Å²) in [5, 5.41) is 24.1. The third kappa shape index (κ3) is 10.9. The summed E-state index contributed by atoms with van der Waals surface area (Å²) < 4.78 is 0. The van der Waals surface area contributed by atoms with Crippen LogP contribution >= 0.6 is 23.5 Å². The van der Waals surface area contributed by atoms with Gasteiger partial charge in [0.25, 0.3) is 0 Å². The standard InChI is InChI=1S/C32H52O2S2Si/c1-7-11-15-25-19-29(20-26(31(25)33)16-12-8-2)35-23-37(5,6)24-36-30-21-27(17-13-9-3)32(34)28(22-30)18-14-10-4/h19-22,33-34H,7-18,23-24H2,1-6H3. The zero-order chi connectivity index (χ0) is 27.3. The van der Waals surface area contributed by atoms with E-state index in [1.807, 2.05) is 23.5 Å². The van der Waals surface area contributed by atoms with Crippen molar-refractivity contribution in [3.05, 3.63) is 46.5 Å². The third-order valence-corrected chi connectivity index (χ3v) is 15.5. The molecule has 0 amide bonds. The van der Waals surface area contributed by atoms with Gasteiger partial charge in [-0.15, -0.1) is 23.5 Å². The molecule has 2 aromatic carbocycles. The van der Waals surface area contributed by atoms with Gasteiger partial charge >= 0.3 is 0 Å². The Balaban J connectivity index is 2.12. The second-order valence-electron chi connectivity index (χ2n) is 11.3. The van der Waals surface area contributed by atoms with Gasteiger partial charge in [0.1, 0.15) is 11.5 Å². The Bertz CT molecular complexity index is 824. The fourth-order valence-electron chi connectivity index (χ4n) is 4.45. The lowest BCUT2D eigenvalue weighted by atomic mass is 10.0. The Kier molecular flexibility index (Phi) is 14.6. The highest BCUT2D eigenvalue weighted by Gasteiger charge is 2.23. The first kappa shape index (κ1) is 32.2. The maximum absolute atomic E-state index is 10.9. The van der Waals surface area contributed by atoms with Crippen LogP contribution < -0.4 is 0 Å². The van der Waals surface area contributed by atoms with E-state index in [2.05, 4.69) is 65.1 Å². The van der Waals surface area contributed by atoms with Crippen LogP contribution in [0.25, 0.3) is 0 Å². The molecule has 0 aliphatic rings. The molecule has 0 heterocycles. The number of unbranched alkanes of at least 4 members (excludes halogenated alkanes) is 4. The lowest BCUT2D eigenvalue weighted by Gasteiger charge is -2.23. The first-order chi connectivity index (χ1) is 17.7. The number of hydrogen-bond acceptors (Lipinski definition) is 4. The number of phenolic OH excluding ortho intramolecular Hbond substituents is 2. The largest absolute Gasteiger partial charge is 0.507 e. The van der Waals surface area contributed by atoms with E-state index in [1.54, 1.807) is 0 Å². The molecule has 0 spiro atoms. The molecule has 0 atom stereocenters. The Morgan fingerprint density at radius 1 is 0.541 bits per heavy atom. The highest BCUT2D eigenvalue weighted by Crippen LogP contribution is 2.36. The predicted molar refractivity (Wildman–Crippen MR) is 170 cm³/mol. The molecule has 0 radical (unpaired) electrons. The molecule has 0 saturated carbocycles. The van der Waals surface area contributed by atoms with Gasteiger partial charge in [0.2, 0.25) is 0 Å². The minimum absolute atomic E-state index is 0.545. The van der Waals surface area contributed by atoms with Crippen molar-refractivity contribution in [3.8, 4) is 11.5 Å². The molecular weight excluding hydrogens is 509 g/mol. The smallest absolute Gasteiger partial charge is 0.122 e. The minimum Gasteiger partial charge on any atom is -0.507 e. The zero-order valence-corrected chi connectivity index (χ0v) is 27.1. The summed E-state index contributed by atoms with van der Waals surface area (Å²) in [6.07, 6.45) is 13.0. The third-order valence-electron chi connectivity index (χ3n) is 6.94. The molecule has 37 heavy (non-hydrogen) atoms. The number of phenols is 2. The van der Waals surface area contributed by atoms with Gasteiger partial charge in [0, 0.05) is 9.79 Å². The van der Waals surface area contributed by atoms with Gasteiger partial charge in [0.15, 0.2) is 0 Å². The number of hydrogen-bond donors (Lipinski definition) is 2. The first-order valence-corrected chi connectivity index (χ1v) is 20.1. The predicted octanol–water partition coefficient (Wildman–Crippen LogP) is 10.1. The zero-order valence-electron chi connectivity index (χ0n) is 24.4. The normalized spacial score (nSPS) is 11.8. The molecular formula is C32H52O2S2Si. The fourth-order valence-corrected chi connectivity index (χ4v) is 10.9. The van der Waals surface area contributed by atoms with Gasteiger partial charge in [-0.05, 0) is 109 Å². The second-order valence-corrected chi connectivity index (χ2v) is 19.5. The maximum atomic E-state index is 10.9. The SMILES string of the molecule is CCCCc1cc(SC[Si](C)(C)CSc2cc(CCCC)c(O)c(CCCC)c2)cc(CCCC)c1O. The van der Waals surface area contributed by atoms with E-state index >= 15 is 0 Å². The Hall–Kier alpha value is -1.04. The van der Waals surface area contributed by atoms with Crippen LogP contribution in [0.4, 0.5) is 0 Å². The Morgan fingerprint density at radius 2 is 0.811 bits per heavy atom. The molecule has 2 N–H and O–H groups in total. The van der Waals surface area contributed by atoms with Crippen LogP contribution in [0.1, 0.15) is 101 Å². The molecule has 2 rings (SSSR count). The highest BCUT2D eigenvalue weighted by molar-refractivity contribution is 8.03. The van der Waals surface area contributed by atoms with Crippen LogP contribution in [-0.2, 0) is 25.7 Å². The average molecular weight is 561 g/mol. The van der Waals surface area contributed by atoms with Crippen molar-refractivity contribution in [2.24, 2.45) is 0 Å². The molecule has 2 nitrogen and oxygen atoms in total.